The Morgan fingerprint density at radius 2 is 1.65 bits per heavy atom. The molecule has 2 N–H and O–H groups in total. The Morgan fingerprint density at radius 3 is 2.10 bits per heavy atom. The van der Waals surface area contributed by atoms with Gasteiger partial charge in [-0.3, -0.25) is 9.59 Å². The molecule has 118 valence electrons. The third-order valence-electron chi connectivity index (χ3n) is 3.88. The summed E-state index contributed by atoms with van der Waals surface area (Å²) in [6.45, 7) is 5.60. The quantitative estimate of drug-likeness (QED) is 0.778. The highest BCUT2D eigenvalue weighted by molar-refractivity contribution is 5.92. The van der Waals surface area contributed by atoms with Gasteiger partial charge in [0.15, 0.2) is 0 Å². The first-order valence-electron chi connectivity index (χ1n) is 7.34. The van der Waals surface area contributed by atoms with E-state index >= 15 is 0 Å². The predicted molar refractivity (Wildman–Crippen MR) is 83.1 cm³/mol. The van der Waals surface area contributed by atoms with Gasteiger partial charge < -0.3 is 15.5 Å². The van der Waals surface area contributed by atoms with Crippen LogP contribution in [0.5, 0.6) is 0 Å². The monoisotopic (exact) mass is 305 g/mol. The lowest BCUT2D eigenvalue weighted by molar-refractivity contribution is -0.143. The van der Waals surface area contributed by atoms with Crippen LogP contribution in [0.25, 0.3) is 0 Å². The van der Waals surface area contributed by atoms with Crippen LogP contribution in [0.3, 0.4) is 0 Å². The molecule has 0 spiro atoms. The minimum atomic E-state index is -0.668. The van der Waals surface area contributed by atoms with Crippen molar-refractivity contribution in [1.29, 1.82) is 0 Å². The maximum atomic E-state index is 12.7. The molecule has 0 saturated heterocycles. The van der Waals surface area contributed by atoms with E-state index in [0.717, 1.165) is 32.1 Å². The number of hydrogen-bond donors (Lipinski definition) is 2. The van der Waals surface area contributed by atoms with Gasteiger partial charge in [0.25, 0.3) is 0 Å². The molecule has 20 heavy (non-hydrogen) atoms. The van der Waals surface area contributed by atoms with Crippen molar-refractivity contribution in [3.8, 4) is 0 Å². The van der Waals surface area contributed by atoms with Crippen molar-refractivity contribution in [2.24, 2.45) is 0 Å². The molecular formula is C14H28ClN3O2. The van der Waals surface area contributed by atoms with Crippen LogP contribution in [0.1, 0.15) is 46.0 Å². The van der Waals surface area contributed by atoms with Crippen molar-refractivity contribution >= 4 is 24.2 Å². The minimum Gasteiger partial charge on any atom is -0.341 e. The van der Waals surface area contributed by atoms with Gasteiger partial charge in [0.05, 0.1) is 6.54 Å². The van der Waals surface area contributed by atoms with Crippen molar-refractivity contribution in [1.82, 2.24) is 15.5 Å². The molecule has 1 saturated carbocycles. The number of hydrogen-bond acceptors (Lipinski definition) is 3. The van der Waals surface area contributed by atoms with Gasteiger partial charge in [-0.1, -0.05) is 19.3 Å². The summed E-state index contributed by atoms with van der Waals surface area (Å²) in [5.41, 5.74) is -0.668. The highest BCUT2D eigenvalue weighted by Gasteiger charge is 2.42. The molecule has 6 heteroatoms. The van der Waals surface area contributed by atoms with E-state index in [1.54, 1.807) is 7.05 Å². The van der Waals surface area contributed by atoms with Crippen LogP contribution in [0.4, 0.5) is 0 Å². The number of carbonyl (C=O) groups is 2. The van der Waals surface area contributed by atoms with Crippen LogP contribution in [0.2, 0.25) is 0 Å². The molecule has 0 aromatic heterocycles. The molecule has 0 aromatic carbocycles. The second-order valence-corrected chi connectivity index (χ2v) is 5.20. The van der Waals surface area contributed by atoms with Crippen molar-refractivity contribution in [3.63, 3.8) is 0 Å². The van der Waals surface area contributed by atoms with E-state index in [4.69, 9.17) is 0 Å². The fraction of sp³-hybridized carbons (Fsp3) is 0.857. The van der Waals surface area contributed by atoms with Crippen LogP contribution >= 0.6 is 12.4 Å². The third kappa shape index (κ3) is 4.63. The lowest BCUT2D eigenvalue weighted by Gasteiger charge is -2.40. The van der Waals surface area contributed by atoms with Crippen LogP contribution < -0.4 is 10.6 Å². The summed E-state index contributed by atoms with van der Waals surface area (Å²) < 4.78 is 0. The molecular weight excluding hydrogens is 278 g/mol. The molecule has 0 aliphatic heterocycles. The first kappa shape index (κ1) is 19.2. The Kier molecular flexibility index (Phi) is 8.81. The minimum absolute atomic E-state index is 0. The average Bonchev–Trinajstić information content (AvgIpc) is 2.41. The van der Waals surface area contributed by atoms with Crippen molar-refractivity contribution in [2.45, 2.75) is 51.5 Å². The number of nitrogens with one attached hydrogen (secondary N) is 2. The Morgan fingerprint density at radius 1 is 1.10 bits per heavy atom. The number of likely N-dealkylation sites (N-methyl/N-ethyl adjacent to an activating group) is 2. The SMILES string of the molecule is CCN(CC)C(=O)C1(NC(=O)CNC)CCCCC1.Cl. The lowest BCUT2D eigenvalue weighted by atomic mass is 9.80. The van der Waals surface area contributed by atoms with Crippen LogP contribution in [-0.4, -0.2) is 48.9 Å². The van der Waals surface area contributed by atoms with E-state index in [2.05, 4.69) is 10.6 Å². The number of rotatable bonds is 6. The van der Waals surface area contributed by atoms with E-state index in [1.165, 1.54) is 0 Å². The van der Waals surface area contributed by atoms with Gasteiger partial charge in [0, 0.05) is 13.1 Å². The van der Waals surface area contributed by atoms with Crippen LogP contribution in [0.15, 0.2) is 0 Å². The highest BCUT2D eigenvalue weighted by Crippen LogP contribution is 2.30. The molecule has 0 heterocycles. The maximum Gasteiger partial charge on any atom is 0.248 e. The maximum absolute atomic E-state index is 12.7. The van der Waals surface area contributed by atoms with Crippen LogP contribution in [0, 0.1) is 0 Å². The number of halogens is 1. The second kappa shape index (κ2) is 9.19. The molecule has 1 rings (SSSR count). The first-order valence-corrected chi connectivity index (χ1v) is 7.34. The van der Waals surface area contributed by atoms with Gasteiger partial charge >= 0.3 is 0 Å². The smallest absolute Gasteiger partial charge is 0.248 e. The van der Waals surface area contributed by atoms with Gasteiger partial charge in [-0.15, -0.1) is 12.4 Å². The molecule has 1 fully saturated rings. The number of nitrogens with zero attached hydrogens (tertiary/aromatic N) is 1. The average molecular weight is 306 g/mol. The molecule has 2 amide bonds. The van der Waals surface area contributed by atoms with E-state index in [9.17, 15) is 9.59 Å². The summed E-state index contributed by atoms with van der Waals surface area (Å²) in [5, 5.41) is 5.82. The zero-order valence-electron chi connectivity index (χ0n) is 12.8. The Bertz CT molecular complexity index is 314. The standard InChI is InChI=1S/C14H27N3O2.ClH/c1-4-17(5-2)13(19)14(9-7-6-8-10-14)16-12(18)11-15-3;/h15H,4-11H2,1-3H3,(H,16,18);1H. The van der Waals surface area contributed by atoms with E-state index in [-0.39, 0.29) is 30.8 Å². The van der Waals surface area contributed by atoms with Gasteiger partial charge in [0.1, 0.15) is 5.54 Å². The molecule has 1 aliphatic carbocycles. The topological polar surface area (TPSA) is 61.4 Å². The van der Waals surface area contributed by atoms with Crippen molar-refractivity contribution in [3.05, 3.63) is 0 Å². The molecule has 0 bridgehead atoms. The van der Waals surface area contributed by atoms with Gasteiger partial charge in [-0.2, -0.15) is 0 Å². The summed E-state index contributed by atoms with van der Waals surface area (Å²) in [7, 11) is 1.74. The first-order chi connectivity index (χ1) is 9.09. The summed E-state index contributed by atoms with van der Waals surface area (Å²) in [5.74, 6) is -0.00782. The highest BCUT2D eigenvalue weighted by atomic mass is 35.5. The van der Waals surface area contributed by atoms with E-state index < -0.39 is 5.54 Å². The van der Waals surface area contributed by atoms with Gasteiger partial charge in [-0.05, 0) is 33.7 Å². The number of carbonyl (C=O) groups excluding carboxylic acids is 2. The summed E-state index contributed by atoms with van der Waals surface area (Å²) in [6, 6.07) is 0. The van der Waals surface area contributed by atoms with Gasteiger partial charge in [-0.25, -0.2) is 0 Å². The van der Waals surface area contributed by atoms with E-state index in [0.29, 0.717) is 13.1 Å². The Labute approximate surface area is 128 Å². The zero-order chi connectivity index (χ0) is 14.3. The Hall–Kier alpha value is -0.810. The molecule has 0 atom stereocenters. The van der Waals surface area contributed by atoms with Gasteiger partial charge in [0.2, 0.25) is 11.8 Å². The van der Waals surface area contributed by atoms with Crippen LogP contribution in [-0.2, 0) is 9.59 Å². The largest absolute Gasteiger partial charge is 0.341 e. The summed E-state index contributed by atoms with van der Waals surface area (Å²) in [6.07, 6.45) is 4.68. The number of amides is 2. The molecule has 5 nitrogen and oxygen atoms in total. The fourth-order valence-corrected chi connectivity index (χ4v) is 2.83. The van der Waals surface area contributed by atoms with E-state index in [1.807, 2.05) is 18.7 Å². The predicted octanol–water partition coefficient (Wildman–Crippen LogP) is 1.32. The third-order valence-corrected chi connectivity index (χ3v) is 3.88. The summed E-state index contributed by atoms with van der Waals surface area (Å²) >= 11 is 0. The Balaban J connectivity index is 0.00000361. The second-order valence-electron chi connectivity index (χ2n) is 5.20. The molecule has 0 radical (unpaired) electrons. The molecule has 1 aliphatic rings. The molecule has 0 unspecified atom stereocenters. The lowest BCUT2D eigenvalue weighted by Crippen LogP contribution is -2.61. The molecule has 0 aromatic rings. The summed E-state index contributed by atoms with van der Waals surface area (Å²) in [4.78, 5) is 26.4. The van der Waals surface area contributed by atoms with Crippen molar-refractivity contribution < 1.29 is 9.59 Å². The normalized spacial score (nSPS) is 16.9. The fourth-order valence-electron chi connectivity index (χ4n) is 2.83. The zero-order valence-corrected chi connectivity index (χ0v) is 13.6. The van der Waals surface area contributed by atoms with Crippen molar-refractivity contribution in [2.75, 3.05) is 26.7 Å².